The molecule has 11 heteroatoms. The Morgan fingerprint density at radius 1 is 1.04 bits per heavy atom. The average molecular weight is 415 g/mol. The van der Waals surface area contributed by atoms with Gasteiger partial charge in [0.05, 0.1) is 23.8 Å². The van der Waals surface area contributed by atoms with Gasteiger partial charge in [0.1, 0.15) is 17.8 Å². The molecule has 8 nitrogen and oxygen atoms in total. The summed E-state index contributed by atoms with van der Waals surface area (Å²) in [7, 11) is -0.384. The minimum absolute atomic E-state index is 0.220. The molecule has 0 aliphatic rings. The number of rotatable bonds is 3. The molecule has 1 N–H and O–H groups in total. The Kier molecular flexibility index (Phi) is 6.81. The predicted octanol–water partition coefficient (Wildman–Crippen LogP) is 1.99. The van der Waals surface area contributed by atoms with Crippen LogP contribution < -0.4 is 4.72 Å². The second-order valence-corrected chi connectivity index (χ2v) is 10.00. The van der Waals surface area contributed by atoms with E-state index < -0.39 is 19.1 Å². The molecule has 0 aliphatic carbocycles. The summed E-state index contributed by atoms with van der Waals surface area (Å²) in [5.41, 5.74) is 2.46. The number of benzene rings is 1. The lowest BCUT2D eigenvalue weighted by atomic mass is 10.1. The summed E-state index contributed by atoms with van der Waals surface area (Å²) in [4.78, 5) is 0. The number of anilines is 1. The van der Waals surface area contributed by atoms with Gasteiger partial charge in [0.15, 0.2) is 0 Å². The molecule has 1 aromatic heterocycles. The first-order valence-electron chi connectivity index (χ1n) is 6.83. The summed E-state index contributed by atoms with van der Waals surface area (Å²) >= 11 is 0. The van der Waals surface area contributed by atoms with Crippen LogP contribution in [0.15, 0.2) is 30.3 Å². The highest BCUT2D eigenvalue weighted by molar-refractivity contribution is 8.13. The van der Waals surface area contributed by atoms with Crippen LogP contribution in [0.3, 0.4) is 0 Å². The fourth-order valence-corrected chi connectivity index (χ4v) is 2.58. The van der Waals surface area contributed by atoms with Crippen molar-refractivity contribution in [1.82, 2.24) is 4.57 Å². The van der Waals surface area contributed by atoms with Crippen LogP contribution in [0, 0.1) is 22.7 Å². The molecule has 138 valence electrons. The molecule has 1 heterocycles. The summed E-state index contributed by atoms with van der Waals surface area (Å²) in [6.45, 7) is 0. The van der Waals surface area contributed by atoms with E-state index in [1.807, 2.05) is 6.07 Å². The normalized spacial score (nSPS) is 10.8. The van der Waals surface area contributed by atoms with Gasteiger partial charge >= 0.3 is 0 Å². The van der Waals surface area contributed by atoms with Crippen molar-refractivity contribution in [2.75, 3.05) is 17.2 Å². The molecule has 0 fully saturated rings. The lowest BCUT2D eigenvalue weighted by Crippen LogP contribution is -2.10. The van der Waals surface area contributed by atoms with Crippen molar-refractivity contribution in [3.05, 3.63) is 41.6 Å². The fraction of sp³-hybridized carbons (Fsp3) is 0.200. The molecular formula is C15H15ClN4O4S2. The number of halogens is 1. The van der Waals surface area contributed by atoms with Crippen LogP contribution in [0.4, 0.5) is 5.69 Å². The Bertz CT molecular complexity index is 1100. The zero-order valence-electron chi connectivity index (χ0n) is 14.1. The van der Waals surface area contributed by atoms with E-state index in [0.29, 0.717) is 5.69 Å². The second kappa shape index (κ2) is 8.23. The van der Waals surface area contributed by atoms with Crippen LogP contribution in [0.5, 0.6) is 0 Å². The number of hydrogen-bond acceptors (Lipinski definition) is 6. The highest BCUT2D eigenvalue weighted by atomic mass is 35.7. The number of nitrogens with zero attached hydrogens (tertiary/aromatic N) is 3. The summed E-state index contributed by atoms with van der Waals surface area (Å²) in [6, 6.07) is 12.3. The third-order valence-corrected chi connectivity index (χ3v) is 3.56. The maximum atomic E-state index is 11.3. The van der Waals surface area contributed by atoms with Crippen LogP contribution in [-0.4, -0.2) is 33.9 Å². The van der Waals surface area contributed by atoms with Crippen LogP contribution >= 0.6 is 10.7 Å². The highest BCUT2D eigenvalue weighted by Crippen LogP contribution is 2.26. The molecule has 0 unspecified atom stereocenters. The molecule has 26 heavy (non-hydrogen) atoms. The van der Waals surface area contributed by atoms with Gasteiger partial charge < -0.3 is 4.57 Å². The molecule has 0 saturated carbocycles. The smallest absolute Gasteiger partial charge is 0.229 e. The van der Waals surface area contributed by atoms with E-state index in [0.717, 1.165) is 23.8 Å². The van der Waals surface area contributed by atoms with Crippen LogP contribution in [0.25, 0.3) is 11.3 Å². The average Bonchev–Trinajstić information content (AvgIpc) is 2.85. The van der Waals surface area contributed by atoms with E-state index >= 15 is 0 Å². The lowest BCUT2D eigenvalue weighted by Gasteiger charge is -2.09. The number of hydrogen-bond donors (Lipinski definition) is 1. The summed E-state index contributed by atoms with van der Waals surface area (Å²) in [5.74, 6) is 0. The fourth-order valence-electron chi connectivity index (χ4n) is 2.00. The maximum absolute atomic E-state index is 11.3. The van der Waals surface area contributed by atoms with Crippen molar-refractivity contribution in [3.63, 3.8) is 0 Å². The third kappa shape index (κ3) is 6.76. The SMILES string of the molecule is CS(=O)(=O)Cl.Cn1c(C#N)ccc1-c1ccc(NS(C)(=O)=O)c(C#N)c1. The van der Waals surface area contributed by atoms with Gasteiger partial charge in [-0.15, -0.1) is 0 Å². The molecule has 2 aromatic rings. The van der Waals surface area contributed by atoms with Crippen molar-refractivity contribution in [1.29, 1.82) is 10.5 Å². The molecule has 0 spiro atoms. The Balaban J connectivity index is 0.000000597. The number of aromatic nitrogens is 1. The van der Waals surface area contributed by atoms with Gasteiger partial charge in [-0.2, -0.15) is 10.5 Å². The second-order valence-electron chi connectivity index (χ2n) is 5.20. The summed E-state index contributed by atoms with van der Waals surface area (Å²) in [6.07, 6.45) is 1.95. The van der Waals surface area contributed by atoms with E-state index in [4.69, 9.17) is 10.5 Å². The monoisotopic (exact) mass is 414 g/mol. The molecular weight excluding hydrogens is 400 g/mol. The van der Waals surface area contributed by atoms with Gasteiger partial charge in [0.2, 0.25) is 19.1 Å². The van der Waals surface area contributed by atoms with E-state index in [9.17, 15) is 16.8 Å². The first kappa shape index (κ1) is 21.5. The molecule has 0 saturated heterocycles. The quantitative estimate of drug-likeness (QED) is 0.763. The zero-order chi connectivity index (χ0) is 20.1. The molecule has 0 atom stereocenters. The van der Waals surface area contributed by atoms with Gasteiger partial charge in [-0.25, -0.2) is 16.8 Å². The standard InChI is InChI=1S/C14H12N4O2S.CH3ClO2S/c1-18-12(9-16)4-6-14(18)10-3-5-13(11(7-10)8-15)17-21(2,19)20;1-5(2,3)4/h3-7,17H,1-2H3;1H3. The largest absolute Gasteiger partial charge is 0.335 e. The number of nitrogens with one attached hydrogen (secondary N) is 1. The lowest BCUT2D eigenvalue weighted by molar-refractivity contribution is 0.606. The van der Waals surface area contributed by atoms with E-state index in [1.54, 1.807) is 35.9 Å². The summed E-state index contributed by atoms with van der Waals surface area (Å²) in [5, 5.41) is 18.1. The molecule has 0 radical (unpaired) electrons. The Labute approximate surface area is 156 Å². The minimum Gasteiger partial charge on any atom is -0.335 e. The topological polar surface area (TPSA) is 133 Å². The van der Waals surface area contributed by atoms with Gasteiger partial charge in [-0.1, -0.05) is 6.07 Å². The van der Waals surface area contributed by atoms with Gasteiger partial charge in [0.25, 0.3) is 0 Å². The van der Waals surface area contributed by atoms with Crippen molar-refractivity contribution >= 4 is 35.4 Å². The number of sulfonamides is 1. The first-order chi connectivity index (χ1) is 11.9. The van der Waals surface area contributed by atoms with E-state index in [-0.39, 0.29) is 11.3 Å². The van der Waals surface area contributed by atoms with Crippen LogP contribution in [0.2, 0.25) is 0 Å². The van der Waals surface area contributed by atoms with Crippen LogP contribution in [0.1, 0.15) is 11.3 Å². The van der Waals surface area contributed by atoms with Crippen molar-refractivity contribution in [2.24, 2.45) is 7.05 Å². The Morgan fingerprint density at radius 2 is 1.62 bits per heavy atom. The van der Waals surface area contributed by atoms with Crippen LogP contribution in [-0.2, 0) is 26.1 Å². The third-order valence-electron chi connectivity index (χ3n) is 2.97. The molecule has 2 rings (SSSR count). The Hall–Kier alpha value is -2.53. The minimum atomic E-state index is -3.44. The highest BCUT2D eigenvalue weighted by Gasteiger charge is 2.11. The molecule has 1 aromatic carbocycles. The van der Waals surface area contributed by atoms with Gasteiger partial charge in [0, 0.05) is 23.4 Å². The van der Waals surface area contributed by atoms with Crippen molar-refractivity contribution in [3.8, 4) is 23.4 Å². The van der Waals surface area contributed by atoms with Gasteiger partial charge in [-0.05, 0) is 29.8 Å². The molecule has 0 aliphatic heterocycles. The van der Waals surface area contributed by atoms with E-state index in [1.165, 1.54) is 6.07 Å². The first-order valence-corrected chi connectivity index (χ1v) is 11.4. The molecule has 0 amide bonds. The predicted molar refractivity (Wildman–Crippen MR) is 99.4 cm³/mol. The van der Waals surface area contributed by atoms with Crippen molar-refractivity contribution in [2.45, 2.75) is 0 Å². The van der Waals surface area contributed by atoms with E-state index in [2.05, 4.69) is 21.5 Å². The number of nitriles is 2. The molecule has 0 bridgehead atoms. The maximum Gasteiger partial charge on any atom is 0.229 e. The Morgan fingerprint density at radius 3 is 2.04 bits per heavy atom. The van der Waals surface area contributed by atoms with Crippen molar-refractivity contribution < 1.29 is 16.8 Å². The summed E-state index contributed by atoms with van der Waals surface area (Å²) < 4.78 is 45.3. The zero-order valence-corrected chi connectivity index (χ0v) is 16.4. The van der Waals surface area contributed by atoms with Gasteiger partial charge in [-0.3, -0.25) is 4.72 Å².